The molecule has 0 saturated carbocycles. The molecule has 1 aromatic carbocycles. The second kappa shape index (κ2) is 7.88. The van der Waals surface area contributed by atoms with E-state index >= 15 is 0 Å². The predicted octanol–water partition coefficient (Wildman–Crippen LogP) is 3.64. The summed E-state index contributed by atoms with van der Waals surface area (Å²) in [7, 11) is 0. The van der Waals surface area contributed by atoms with Crippen LogP contribution in [0.1, 0.15) is 32.4 Å². The maximum atomic E-state index is 5.17. The Morgan fingerprint density at radius 2 is 1.83 bits per heavy atom. The van der Waals surface area contributed by atoms with Gasteiger partial charge in [-0.2, -0.15) is 0 Å². The third kappa shape index (κ3) is 4.57. The van der Waals surface area contributed by atoms with Gasteiger partial charge in [-0.25, -0.2) is 0 Å². The number of aryl methyl sites for hydroxylation is 1. The Labute approximate surface area is 76.6 Å². The molecule has 1 rings (SSSR count). The summed E-state index contributed by atoms with van der Waals surface area (Å²) >= 11 is 0. The monoisotopic (exact) mass is 162 g/mol. The molecular weight excluding hydrogens is 144 g/mol. The number of rotatable bonds is 0. The molecule has 0 nitrogen and oxygen atoms in total. The summed E-state index contributed by atoms with van der Waals surface area (Å²) in [5.74, 6) is 2.57. The van der Waals surface area contributed by atoms with Crippen LogP contribution in [0.25, 0.3) is 0 Å². The Morgan fingerprint density at radius 3 is 2.17 bits per heavy atom. The van der Waals surface area contributed by atoms with Crippen LogP contribution in [0.3, 0.4) is 0 Å². The molecule has 0 N–H and O–H groups in total. The zero-order valence-corrected chi connectivity index (χ0v) is 7.39. The van der Waals surface area contributed by atoms with Crippen LogP contribution in [0.15, 0.2) is 24.3 Å². The van der Waals surface area contributed by atoms with Crippen LogP contribution in [0, 0.1) is 19.3 Å². The summed E-state index contributed by atoms with van der Waals surface area (Å²) in [5.41, 5.74) is 2.17. The summed E-state index contributed by atoms with van der Waals surface area (Å²) in [4.78, 5) is 0. The van der Waals surface area contributed by atoms with E-state index in [4.69, 9.17) is 6.42 Å². The molecule has 66 valence electrons. The molecule has 0 heteroatoms. The second-order valence-corrected chi connectivity index (χ2v) is 2.01. The highest BCUT2D eigenvalue weighted by Crippen LogP contribution is 2.00. The first-order valence-corrected chi connectivity index (χ1v) is 3.86. The molecule has 0 unspecified atom stereocenters. The van der Waals surface area contributed by atoms with Gasteiger partial charge in [0.15, 0.2) is 0 Å². The van der Waals surface area contributed by atoms with E-state index in [2.05, 4.69) is 5.92 Å². The second-order valence-electron chi connectivity index (χ2n) is 2.01. The van der Waals surface area contributed by atoms with Crippen molar-refractivity contribution in [2.45, 2.75) is 28.2 Å². The Bertz CT molecular complexity index is 240. The van der Waals surface area contributed by atoms with Crippen LogP contribution in [0.2, 0.25) is 0 Å². The fourth-order valence-corrected chi connectivity index (χ4v) is 0.735. The highest BCUT2D eigenvalue weighted by molar-refractivity contribution is 5.34. The van der Waals surface area contributed by atoms with Crippen LogP contribution in [0.4, 0.5) is 0 Å². The molecule has 0 aliphatic carbocycles. The van der Waals surface area contributed by atoms with Crippen molar-refractivity contribution in [1.29, 1.82) is 0 Å². The first-order chi connectivity index (χ1) is 5.33. The lowest BCUT2D eigenvalue weighted by Crippen LogP contribution is -1.73. The fraction of sp³-hybridized carbons (Fsp3) is 0.333. The maximum Gasteiger partial charge on any atom is 0.0245 e. The molecule has 0 aromatic heterocycles. The van der Waals surface area contributed by atoms with Crippen molar-refractivity contribution < 1.29 is 0 Å². The van der Waals surface area contributed by atoms with Gasteiger partial charge in [-0.15, -0.1) is 6.42 Å². The summed E-state index contributed by atoms with van der Waals surface area (Å²) in [6, 6.07) is 7.90. The van der Waals surface area contributed by atoms with Crippen molar-refractivity contribution >= 4 is 0 Å². The Balaban J connectivity index is 0. The average molecular weight is 162 g/mol. The van der Waals surface area contributed by atoms with E-state index in [1.54, 1.807) is 0 Å². The first kappa shape index (κ1) is 13.4. The van der Waals surface area contributed by atoms with Crippen molar-refractivity contribution in [2.75, 3.05) is 0 Å². The quantitative estimate of drug-likeness (QED) is 0.511. The highest BCUT2D eigenvalue weighted by Gasteiger charge is 1.83. The smallest absolute Gasteiger partial charge is 0.0245 e. The lowest BCUT2D eigenvalue weighted by Gasteiger charge is -1.90. The van der Waals surface area contributed by atoms with E-state index in [9.17, 15) is 0 Å². The van der Waals surface area contributed by atoms with Crippen LogP contribution in [-0.4, -0.2) is 0 Å². The van der Waals surface area contributed by atoms with Crippen molar-refractivity contribution in [3.8, 4) is 12.3 Å². The molecule has 0 fully saturated rings. The molecule has 0 aliphatic rings. The van der Waals surface area contributed by atoms with Crippen molar-refractivity contribution in [1.82, 2.24) is 0 Å². The average Bonchev–Trinajstić information content (AvgIpc) is 2.08. The SMILES string of the molecule is C.C#Cc1cccc(C)c1.CC. The summed E-state index contributed by atoms with van der Waals surface area (Å²) in [6.45, 7) is 6.03. The zero-order valence-electron chi connectivity index (χ0n) is 7.39. The van der Waals surface area contributed by atoms with Gasteiger partial charge in [0.1, 0.15) is 0 Å². The Kier molecular flexibility index (Phi) is 8.79. The molecule has 0 bridgehead atoms. The van der Waals surface area contributed by atoms with Crippen LogP contribution in [0.5, 0.6) is 0 Å². The van der Waals surface area contributed by atoms with E-state index in [-0.39, 0.29) is 7.43 Å². The van der Waals surface area contributed by atoms with Crippen molar-refractivity contribution in [3.05, 3.63) is 35.4 Å². The van der Waals surface area contributed by atoms with Gasteiger partial charge in [0.2, 0.25) is 0 Å². The predicted molar refractivity (Wildman–Crippen MR) is 57.2 cm³/mol. The van der Waals surface area contributed by atoms with Crippen LogP contribution >= 0.6 is 0 Å². The molecule has 0 saturated heterocycles. The largest absolute Gasteiger partial charge is 0.115 e. The Hall–Kier alpha value is -1.22. The van der Waals surface area contributed by atoms with Gasteiger partial charge in [0, 0.05) is 5.56 Å². The number of terminal acetylenes is 1. The summed E-state index contributed by atoms with van der Waals surface area (Å²) in [5, 5.41) is 0. The van der Waals surface area contributed by atoms with Gasteiger partial charge in [-0.1, -0.05) is 39.3 Å². The highest BCUT2D eigenvalue weighted by atomic mass is 13.9. The maximum absolute atomic E-state index is 5.17. The standard InChI is InChI=1S/C9H8.C2H6.CH4/c1-3-9-6-4-5-8(2)7-9;1-2;/h1,4-7H,2H3;1-2H3;1H4. The van der Waals surface area contributed by atoms with E-state index in [1.165, 1.54) is 5.56 Å². The van der Waals surface area contributed by atoms with E-state index in [0.717, 1.165) is 5.56 Å². The Morgan fingerprint density at radius 1 is 1.25 bits per heavy atom. The molecule has 1 aromatic rings. The molecule has 0 atom stereocenters. The normalized spacial score (nSPS) is 6.83. The number of hydrogen-bond acceptors (Lipinski definition) is 0. The van der Waals surface area contributed by atoms with Crippen molar-refractivity contribution in [2.24, 2.45) is 0 Å². The van der Waals surface area contributed by atoms with Gasteiger partial charge in [-0.3, -0.25) is 0 Å². The van der Waals surface area contributed by atoms with Gasteiger partial charge in [0.05, 0.1) is 0 Å². The van der Waals surface area contributed by atoms with Gasteiger partial charge >= 0.3 is 0 Å². The van der Waals surface area contributed by atoms with E-state index < -0.39 is 0 Å². The lowest BCUT2D eigenvalue weighted by atomic mass is 10.1. The van der Waals surface area contributed by atoms with Gasteiger partial charge in [0.25, 0.3) is 0 Å². The molecule has 0 radical (unpaired) electrons. The third-order valence-corrected chi connectivity index (χ3v) is 1.18. The summed E-state index contributed by atoms with van der Waals surface area (Å²) < 4.78 is 0. The van der Waals surface area contributed by atoms with Crippen molar-refractivity contribution in [3.63, 3.8) is 0 Å². The fourth-order valence-electron chi connectivity index (χ4n) is 0.735. The van der Waals surface area contributed by atoms with Gasteiger partial charge < -0.3 is 0 Å². The van der Waals surface area contributed by atoms with Crippen LogP contribution < -0.4 is 0 Å². The minimum atomic E-state index is 0. The van der Waals surface area contributed by atoms with Gasteiger partial charge in [-0.05, 0) is 24.6 Å². The van der Waals surface area contributed by atoms with E-state index in [0.29, 0.717) is 0 Å². The summed E-state index contributed by atoms with van der Waals surface area (Å²) in [6.07, 6.45) is 5.17. The molecule has 0 spiro atoms. The molecule has 0 amide bonds. The zero-order chi connectivity index (χ0) is 8.69. The van der Waals surface area contributed by atoms with Crippen LogP contribution in [-0.2, 0) is 0 Å². The number of hydrogen-bond donors (Lipinski definition) is 0. The molecule has 0 heterocycles. The third-order valence-electron chi connectivity index (χ3n) is 1.18. The molecule has 0 aliphatic heterocycles. The number of benzene rings is 1. The minimum Gasteiger partial charge on any atom is -0.115 e. The first-order valence-electron chi connectivity index (χ1n) is 3.86. The molecule has 12 heavy (non-hydrogen) atoms. The van der Waals surface area contributed by atoms with E-state index in [1.807, 2.05) is 45.0 Å². The minimum absolute atomic E-state index is 0. The lowest BCUT2D eigenvalue weighted by molar-refractivity contribution is 1.46. The topological polar surface area (TPSA) is 0 Å². The molecular formula is C12H18.